The molecule has 2 aliphatic heterocycles. The van der Waals surface area contributed by atoms with E-state index in [2.05, 4.69) is 54.4 Å². The highest BCUT2D eigenvalue weighted by Gasteiger charge is 2.45. The number of nitrogens with two attached hydrogens (primary N) is 1. The number of fused-ring (bicyclic) bond motifs is 6. The van der Waals surface area contributed by atoms with Crippen molar-refractivity contribution < 1.29 is 32.0 Å². The zero-order valence-electron chi connectivity index (χ0n) is 22.5. The Balaban J connectivity index is 1.06. The number of nitrogen functional groups attached to an aromatic ring is 1. The van der Waals surface area contributed by atoms with Gasteiger partial charge in [-0.15, -0.1) is 0 Å². The molecule has 2 N–H and O–H groups in total. The van der Waals surface area contributed by atoms with Crippen LogP contribution in [0.15, 0.2) is 49.5 Å². The summed E-state index contributed by atoms with van der Waals surface area (Å²) in [5.41, 5.74) is 9.42. The van der Waals surface area contributed by atoms with E-state index in [1.165, 1.54) is 12.6 Å². The largest absolute Gasteiger partial charge is 0.436 e. The zero-order valence-corrected chi connectivity index (χ0v) is 26.1. The molecular weight excluding hydrogens is 654 g/mol. The number of imidazole rings is 3. The van der Waals surface area contributed by atoms with Crippen LogP contribution in [0.4, 0.5) is 5.82 Å². The van der Waals surface area contributed by atoms with Crippen molar-refractivity contribution in [2.75, 3.05) is 18.9 Å². The monoisotopic (exact) mass is 678 g/mol. The normalized spacial score (nSPS) is 34.2. The Bertz CT molecular complexity index is 2050. The Morgan fingerprint density at radius 2 is 1.66 bits per heavy atom. The van der Waals surface area contributed by atoms with Gasteiger partial charge >= 0.3 is 13.6 Å². The summed E-state index contributed by atoms with van der Waals surface area (Å²) in [7, 11) is 0. The van der Waals surface area contributed by atoms with Crippen molar-refractivity contribution in [1.29, 1.82) is 0 Å². The fourth-order valence-corrected chi connectivity index (χ4v) is 8.33. The second-order valence-electron chi connectivity index (χ2n) is 10.5. The van der Waals surface area contributed by atoms with Crippen LogP contribution in [-0.2, 0) is 32.0 Å². The Morgan fingerprint density at radius 3 is 2.55 bits per heavy atom. The molecular formula is C23H24N10O7P2S2. The van der Waals surface area contributed by atoms with Crippen molar-refractivity contribution in [2.45, 2.75) is 37.3 Å². The van der Waals surface area contributed by atoms with Crippen LogP contribution in [0.2, 0.25) is 0 Å². The molecule has 7 heterocycles. The first-order chi connectivity index (χ1) is 21.2. The van der Waals surface area contributed by atoms with Gasteiger partial charge in [0, 0.05) is 30.8 Å². The van der Waals surface area contributed by atoms with Crippen LogP contribution in [0.1, 0.15) is 25.1 Å². The lowest BCUT2D eigenvalue weighted by Crippen LogP contribution is -2.35. The molecule has 0 amide bonds. The summed E-state index contributed by atoms with van der Waals surface area (Å²) in [6.07, 6.45) is 9.34. The van der Waals surface area contributed by atoms with E-state index in [4.69, 9.17) is 28.6 Å². The summed E-state index contributed by atoms with van der Waals surface area (Å²) in [6, 6.07) is -0.215. The Hall–Kier alpha value is -3.02. The molecule has 0 radical (unpaired) electrons. The third-order valence-electron chi connectivity index (χ3n) is 8.00. The van der Waals surface area contributed by atoms with Gasteiger partial charge in [-0.1, -0.05) is 12.2 Å². The Morgan fingerprint density at radius 1 is 0.864 bits per heavy atom. The van der Waals surface area contributed by atoms with Gasteiger partial charge in [0.15, 0.2) is 28.3 Å². The zero-order chi connectivity index (χ0) is 30.2. The molecule has 8 rings (SSSR count). The Labute approximate surface area is 258 Å². The van der Waals surface area contributed by atoms with Gasteiger partial charge in [-0.05, 0) is 24.2 Å². The SMILES string of the molecule is Nc1ncnc2c1ncn2[C@@H]1C/C2=C/OP(=O)(S)O[C@H]3C[C@H](n4cnc5c4ncn4ccnc54)O[C@@H]3COP(=O)(S)OC[C@H]21. The number of ether oxygens (including phenoxy) is 1. The van der Waals surface area contributed by atoms with E-state index in [1.54, 1.807) is 40.3 Å². The molecule has 1 saturated heterocycles. The van der Waals surface area contributed by atoms with Crippen molar-refractivity contribution in [1.82, 2.24) is 43.4 Å². The molecule has 2 unspecified atom stereocenters. The van der Waals surface area contributed by atoms with Crippen LogP contribution in [0.3, 0.4) is 0 Å². The molecule has 1 aliphatic carbocycles. The van der Waals surface area contributed by atoms with Gasteiger partial charge in [0.05, 0.1) is 32.1 Å². The standard InChI is InChI=1S/C23H24N10O7P2S2/c24-20-18-22(27-8-26-20)32(10-28-18)14-3-12-5-36-42(35,44)40-15-4-17(39-16(15)7-38-41(34,43)37-6-13(12)14)33-11-29-19-21-25-1-2-31(21)9-30-23(19)33/h1-2,5,8-11,13-17H,3-4,6-7H2,(H,34,43)(H,35,44)(H2,24,26,27)/b12-5-/t13-,14-,15+,16-,17-,41?,42?/m1/s1. The van der Waals surface area contributed by atoms with Gasteiger partial charge in [-0.2, -0.15) is 0 Å². The number of anilines is 1. The van der Waals surface area contributed by atoms with Crippen molar-refractivity contribution in [3.63, 3.8) is 0 Å². The average molecular weight is 679 g/mol. The van der Waals surface area contributed by atoms with E-state index in [9.17, 15) is 9.13 Å². The molecule has 17 nitrogen and oxygen atoms in total. The maximum absolute atomic E-state index is 13.4. The van der Waals surface area contributed by atoms with Crippen molar-refractivity contribution >= 4 is 71.9 Å². The van der Waals surface area contributed by atoms with Crippen LogP contribution in [-0.4, -0.2) is 68.9 Å². The maximum atomic E-state index is 13.4. The highest BCUT2D eigenvalue weighted by Crippen LogP contribution is 2.60. The van der Waals surface area contributed by atoms with E-state index in [-0.39, 0.29) is 37.4 Å². The summed E-state index contributed by atoms with van der Waals surface area (Å²) < 4.78 is 61.2. The van der Waals surface area contributed by atoms with E-state index in [1.807, 2.05) is 4.57 Å². The number of thiol groups is 2. The predicted molar refractivity (Wildman–Crippen MR) is 161 cm³/mol. The second-order valence-corrected chi connectivity index (χ2v) is 16.3. The molecule has 0 bridgehead atoms. The smallest absolute Gasteiger partial charge is 0.425 e. The van der Waals surface area contributed by atoms with Crippen LogP contribution >= 0.6 is 38.1 Å². The minimum Gasteiger partial charge on any atom is -0.425 e. The third kappa shape index (κ3) is 4.91. The topological polar surface area (TPSA) is 198 Å². The van der Waals surface area contributed by atoms with Gasteiger partial charge in [-0.25, -0.2) is 39.0 Å². The average Bonchev–Trinajstić information content (AvgIpc) is 3.76. The third-order valence-corrected chi connectivity index (χ3v) is 11.1. The number of nitrogens with zero attached hydrogens (tertiary/aromatic N) is 9. The molecule has 0 spiro atoms. The molecule has 44 heavy (non-hydrogen) atoms. The molecule has 0 aromatic carbocycles. The maximum Gasteiger partial charge on any atom is 0.436 e. The van der Waals surface area contributed by atoms with Crippen LogP contribution in [0.25, 0.3) is 28.0 Å². The molecule has 1 saturated carbocycles. The summed E-state index contributed by atoms with van der Waals surface area (Å²) >= 11 is 8.44. The summed E-state index contributed by atoms with van der Waals surface area (Å²) in [6.45, 7) is -8.10. The predicted octanol–water partition coefficient (Wildman–Crippen LogP) is 3.76. The van der Waals surface area contributed by atoms with Crippen LogP contribution < -0.4 is 5.73 Å². The van der Waals surface area contributed by atoms with E-state index in [0.717, 1.165) is 5.57 Å². The lowest BCUT2D eigenvalue weighted by atomic mass is 9.75. The highest BCUT2D eigenvalue weighted by molar-refractivity contribution is 8.44. The first kappa shape index (κ1) is 28.5. The van der Waals surface area contributed by atoms with Crippen molar-refractivity contribution in [3.8, 4) is 0 Å². The first-order valence-electron chi connectivity index (χ1n) is 13.4. The number of hydrogen-bond donors (Lipinski definition) is 3. The van der Waals surface area contributed by atoms with E-state index in [0.29, 0.717) is 34.4 Å². The molecule has 3 aliphatic rings. The minimum absolute atomic E-state index is 0.0505. The lowest BCUT2D eigenvalue weighted by molar-refractivity contribution is -0.0363. The van der Waals surface area contributed by atoms with Crippen LogP contribution in [0.5, 0.6) is 0 Å². The van der Waals surface area contributed by atoms with E-state index < -0.39 is 32.0 Å². The molecule has 5 aromatic heterocycles. The summed E-state index contributed by atoms with van der Waals surface area (Å²) in [4.78, 5) is 25.9. The van der Waals surface area contributed by atoms with Crippen LogP contribution in [0, 0.1) is 5.92 Å². The minimum atomic E-state index is -3.94. The van der Waals surface area contributed by atoms with Gasteiger partial charge in [-0.3, -0.25) is 18.0 Å². The number of aromatic nitrogens is 9. The van der Waals surface area contributed by atoms with Crippen molar-refractivity contribution in [3.05, 3.63) is 49.5 Å². The van der Waals surface area contributed by atoms with Gasteiger partial charge in [0.25, 0.3) is 0 Å². The highest BCUT2D eigenvalue weighted by atomic mass is 32.7. The quantitative estimate of drug-likeness (QED) is 0.180. The second kappa shape index (κ2) is 10.5. The van der Waals surface area contributed by atoms with E-state index >= 15 is 0 Å². The lowest BCUT2D eigenvalue weighted by Gasteiger charge is -2.40. The van der Waals surface area contributed by atoms with Crippen molar-refractivity contribution in [2.24, 2.45) is 5.92 Å². The number of rotatable bonds is 2. The molecule has 2 fully saturated rings. The first-order valence-corrected chi connectivity index (χ1v) is 18.8. The van der Waals surface area contributed by atoms with Gasteiger partial charge < -0.3 is 24.1 Å². The molecule has 21 heteroatoms. The van der Waals surface area contributed by atoms with Gasteiger partial charge in [0.1, 0.15) is 36.6 Å². The molecule has 5 aromatic rings. The number of hydrogen-bond acceptors (Lipinski definition) is 14. The summed E-state index contributed by atoms with van der Waals surface area (Å²) in [5.74, 6) is -0.118. The summed E-state index contributed by atoms with van der Waals surface area (Å²) in [5, 5.41) is 0. The molecule has 230 valence electrons. The van der Waals surface area contributed by atoms with Gasteiger partial charge in [0.2, 0.25) is 0 Å². The Kier molecular flexibility index (Phi) is 6.80. The fraction of sp³-hybridized carbons (Fsp3) is 0.391. The molecule has 7 atom stereocenters. The fourth-order valence-electron chi connectivity index (χ4n) is 5.78.